The zero-order chi connectivity index (χ0) is 17.8. The molecule has 1 saturated carbocycles. The maximum atomic E-state index is 12.5. The lowest BCUT2D eigenvalue weighted by atomic mass is 10.1. The first-order valence-corrected chi connectivity index (χ1v) is 8.56. The van der Waals surface area contributed by atoms with Gasteiger partial charge in [0.1, 0.15) is 6.04 Å². The Morgan fingerprint density at radius 1 is 1.16 bits per heavy atom. The van der Waals surface area contributed by atoms with E-state index in [9.17, 15) is 14.4 Å². The van der Waals surface area contributed by atoms with Gasteiger partial charge in [0, 0.05) is 12.0 Å². The number of imide groups is 1. The first-order valence-electron chi connectivity index (χ1n) is 8.56. The molecule has 7 nitrogen and oxygen atoms in total. The molecule has 134 valence electrons. The number of carbonyl (C=O) groups excluding carboxylic acids is 3. The van der Waals surface area contributed by atoms with E-state index in [1.54, 1.807) is 25.3 Å². The molecule has 3 amide bonds. The molecule has 1 aliphatic heterocycles. The van der Waals surface area contributed by atoms with Crippen LogP contribution in [-0.4, -0.2) is 37.0 Å². The summed E-state index contributed by atoms with van der Waals surface area (Å²) in [4.78, 5) is 35.4. The number of amides is 3. The van der Waals surface area contributed by atoms with Gasteiger partial charge in [0.05, 0.1) is 13.2 Å². The summed E-state index contributed by atoms with van der Waals surface area (Å²) in [5, 5.41) is 4.89. The standard InChI is InChI=1S/C18H22N2O5/c1-24-14-8-6-11(10-15(14)25-12-4-2-3-5-12)17(22)19-13-7-9-16(21)20-18(13)23/h6,8,10,12-13H,2-5,7,9H2,1H3,(H,19,22)(H,20,21,23)/t13-/m0/s1. The molecule has 0 spiro atoms. The molecule has 1 aromatic carbocycles. The first kappa shape index (κ1) is 17.3. The molecule has 0 bridgehead atoms. The number of nitrogens with one attached hydrogen (secondary N) is 2. The molecule has 0 unspecified atom stereocenters. The van der Waals surface area contributed by atoms with Crippen LogP contribution in [0.5, 0.6) is 11.5 Å². The van der Waals surface area contributed by atoms with Gasteiger partial charge in [-0.15, -0.1) is 0 Å². The second-order valence-corrected chi connectivity index (χ2v) is 6.37. The summed E-state index contributed by atoms with van der Waals surface area (Å²) in [5.41, 5.74) is 0.387. The van der Waals surface area contributed by atoms with Crippen LogP contribution in [-0.2, 0) is 9.59 Å². The predicted octanol–water partition coefficient (Wildman–Crippen LogP) is 1.55. The monoisotopic (exact) mass is 346 g/mol. The molecule has 1 atom stereocenters. The number of carbonyl (C=O) groups is 3. The lowest BCUT2D eigenvalue weighted by molar-refractivity contribution is -0.134. The minimum absolute atomic E-state index is 0.141. The number of ether oxygens (including phenoxy) is 2. The summed E-state index contributed by atoms with van der Waals surface area (Å²) in [6.45, 7) is 0. The van der Waals surface area contributed by atoms with Crippen molar-refractivity contribution in [2.75, 3.05) is 7.11 Å². The fourth-order valence-corrected chi connectivity index (χ4v) is 3.17. The summed E-state index contributed by atoms with van der Waals surface area (Å²) < 4.78 is 11.3. The lowest BCUT2D eigenvalue weighted by Crippen LogP contribution is -2.52. The van der Waals surface area contributed by atoms with Crippen molar-refractivity contribution in [1.29, 1.82) is 0 Å². The fourth-order valence-electron chi connectivity index (χ4n) is 3.17. The van der Waals surface area contributed by atoms with E-state index < -0.39 is 11.9 Å². The van der Waals surface area contributed by atoms with Crippen molar-refractivity contribution in [3.05, 3.63) is 23.8 Å². The lowest BCUT2D eigenvalue weighted by Gasteiger charge is -2.22. The van der Waals surface area contributed by atoms with Crippen molar-refractivity contribution in [2.24, 2.45) is 0 Å². The Morgan fingerprint density at radius 3 is 2.60 bits per heavy atom. The summed E-state index contributed by atoms with van der Waals surface area (Å²) in [7, 11) is 1.56. The predicted molar refractivity (Wildman–Crippen MR) is 89.5 cm³/mol. The summed E-state index contributed by atoms with van der Waals surface area (Å²) >= 11 is 0. The Hall–Kier alpha value is -2.57. The molecule has 1 saturated heterocycles. The van der Waals surface area contributed by atoms with Crippen LogP contribution in [0, 0.1) is 0 Å². The average molecular weight is 346 g/mol. The molecule has 25 heavy (non-hydrogen) atoms. The molecule has 2 aliphatic rings. The van der Waals surface area contributed by atoms with Crippen LogP contribution in [0.25, 0.3) is 0 Å². The van der Waals surface area contributed by atoms with Crippen molar-refractivity contribution in [3.8, 4) is 11.5 Å². The molecule has 2 N–H and O–H groups in total. The minimum Gasteiger partial charge on any atom is -0.493 e. The van der Waals surface area contributed by atoms with Gasteiger partial charge >= 0.3 is 0 Å². The molecular weight excluding hydrogens is 324 g/mol. The van der Waals surface area contributed by atoms with Crippen LogP contribution in [0.1, 0.15) is 48.9 Å². The maximum Gasteiger partial charge on any atom is 0.252 e. The average Bonchev–Trinajstić information content (AvgIpc) is 3.10. The van der Waals surface area contributed by atoms with Gasteiger partial charge in [-0.3, -0.25) is 19.7 Å². The van der Waals surface area contributed by atoms with Crippen molar-refractivity contribution in [1.82, 2.24) is 10.6 Å². The van der Waals surface area contributed by atoms with Gasteiger partial charge in [0.15, 0.2) is 11.5 Å². The molecule has 0 aromatic heterocycles. The van der Waals surface area contributed by atoms with E-state index in [1.807, 2.05) is 0 Å². The van der Waals surface area contributed by atoms with Gasteiger partial charge in [-0.2, -0.15) is 0 Å². The van der Waals surface area contributed by atoms with E-state index in [4.69, 9.17) is 9.47 Å². The zero-order valence-corrected chi connectivity index (χ0v) is 14.2. The second-order valence-electron chi connectivity index (χ2n) is 6.37. The number of benzene rings is 1. The van der Waals surface area contributed by atoms with Gasteiger partial charge in [-0.25, -0.2) is 0 Å². The van der Waals surface area contributed by atoms with E-state index in [0.29, 0.717) is 23.5 Å². The quantitative estimate of drug-likeness (QED) is 0.789. The molecule has 1 heterocycles. The summed E-state index contributed by atoms with van der Waals surface area (Å²) in [6.07, 6.45) is 4.94. The van der Waals surface area contributed by atoms with Crippen LogP contribution in [0.3, 0.4) is 0 Å². The zero-order valence-electron chi connectivity index (χ0n) is 14.2. The van der Waals surface area contributed by atoms with E-state index in [0.717, 1.165) is 25.7 Å². The topological polar surface area (TPSA) is 93.7 Å². The van der Waals surface area contributed by atoms with Crippen LogP contribution in [0.4, 0.5) is 0 Å². The summed E-state index contributed by atoms with van der Waals surface area (Å²) in [6, 6.07) is 4.25. The molecule has 7 heteroatoms. The molecule has 1 aromatic rings. The van der Waals surface area contributed by atoms with Crippen LogP contribution >= 0.6 is 0 Å². The Balaban J connectivity index is 1.71. The van der Waals surface area contributed by atoms with E-state index in [1.165, 1.54) is 0 Å². The van der Waals surface area contributed by atoms with E-state index in [2.05, 4.69) is 10.6 Å². The smallest absolute Gasteiger partial charge is 0.252 e. The molecule has 0 radical (unpaired) electrons. The fraction of sp³-hybridized carbons (Fsp3) is 0.500. The van der Waals surface area contributed by atoms with Gasteiger partial charge in [0.25, 0.3) is 5.91 Å². The number of piperidine rings is 1. The number of hydrogen-bond acceptors (Lipinski definition) is 5. The highest BCUT2D eigenvalue weighted by Crippen LogP contribution is 2.32. The highest BCUT2D eigenvalue weighted by molar-refractivity contribution is 6.03. The number of hydrogen-bond donors (Lipinski definition) is 2. The number of methoxy groups -OCH3 is 1. The van der Waals surface area contributed by atoms with Crippen LogP contribution in [0.15, 0.2) is 18.2 Å². The summed E-state index contributed by atoms with van der Waals surface area (Å²) in [5.74, 6) is -0.0593. The van der Waals surface area contributed by atoms with E-state index in [-0.39, 0.29) is 24.3 Å². The van der Waals surface area contributed by atoms with Crippen molar-refractivity contribution < 1.29 is 23.9 Å². The van der Waals surface area contributed by atoms with E-state index >= 15 is 0 Å². The number of rotatable bonds is 5. The third-order valence-corrected chi connectivity index (χ3v) is 4.57. The Morgan fingerprint density at radius 2 is 1.92 bits per heavy atom. The van der Waals surface area contributed by atoms with Crippen molar-refractivity contribution in [3.63, 3.8) is 0 Å². The highest BCUT2D eigenvalue weighted by atomic mass is 16.5. The molecular formula is C18H22N2O5. The molecule has 3 rings (SSSR count). The third kappa shape index (κ3) is 4.10. The third-order valence-electron chi connectivity index (χ3n) is 4.57. The SMILES string of the molecule is COc1ccc(C(=O)N[C@H]2CCC(=O)NC2=O)cc1OC1CCCC1. The Labute approximate surface area is 146 Å². The Kier molecular flexibility index (Phi) is 5.21. The van der Waals surface area contributed by atoms with Gasteiger partial charge in [-0.1, -0.05) is 0 Å². The highest BCUT2D eigenvalue weighted by Gasteiger charge is 2.28. The van der Waals surface area contributed by atoms with Gasteiger partial charge in [0.2, 0.25) is 11.8 Å². The van der Waals surface area contributed by atoms with Crippen LogP contribution < -0.4 is 20.1 Å². The van der Waals surface area contributed by atoms with Crippen LogP contribution in [0.2, 0.25) is 0 Å². The Bertz CT molecular complexity index is 682. The minimum atomic E-state index is -0.702. The largest absolute Gasteiger partial charge is 0.493 e. The molecule has 1 aliphatic carbocycles. The molecule has 2 fully saturated rings. The second kappa shape index (κ2) is 7.55. The van der Waals surface area contributed by atoms with Crippen molar-refractivity contribution >= 4 is 17.7 Å². The normalized spacial score (nSPS) is 20.9. The van der Waals surface area contributed by atoms with Gasteiger partial charge in [-0.05, 0) is 50.3 Å². The van der Waals surface area contributed by atoms with Crippen molar-refractivity contribution in [2.45, 2.75) is 50.7 Å². The first-order chi connectivity index (χ1) is 12.1. The maximum absolute atomic E-state index is 12.5. The van der Waals surface area contributed by atoms with Gasteiger partial charge < -0.3 is 14.8 Å².